The Labute approximate surface area is 106 Å². The van der Waals surface area contributed by atoms with Gasteiger partial charge >= 0.3 is 0 Å². The molecule has 3 nitrogen and oxygen atoms in total. The lowest BCUT2D eigenvalue weighted by Gasteiger charge is -2.11. The van der Waals surface area contributed by atoms with Gasteiger partial charge in [-0.2, -0.15) is 4.73 Å². The standard InChI is InChI=1S/C15H15NO2/c1-5-10(2)14-9-13(18-4)8-12-7-6-11(3)16(17)15(12)14/h5-9H,1-2H2,3-4H3. The fraction of sp³-hybridized carbons (Fsp3) is 0.133. The quantitative estimate of drug-likeness (QED) is 0.470. The van der Waals surface area contributed by atoms with E-state index in [4.69, 9.17) is 4.74 Å². The van der Waals surface area contributed by atoms with Gasteiger partial charge < -0.3 is 9.94 Å². The normalized spacial score (nSPS) is 10.3. The van der Waals surface area contributed by atoms with Crippen LogP contribution in [-0.2, 0) is 0 Å². The maximum absolute atomic E-state index is 12.2. The van der Waals surface area contributed by atoms with E-state index in [-0.39, 0.29) is 0 Å². The van der Waals surface area contributed by atoms with E-state index in [1.165, 1.54) is 0 Å². The van der Waals surface area contributed by atoms with Gasteiger partial charge in [0, 0.05) is 13.0 Å². The van der Waals surface area contributed by atoms with Crippen LogP contribution in [0, 0.1) is 12.1 Å². The van der Waals surface area contributed by atoms with Gasteiger partial charge in [-0.25, -0.2) is 0 Å². The maximum Gasteiger partial charge on any atom is 0.232 e. The fourth-order valence-corrected chi connectivity index (χ4v) is 1.91. The van der Waals surface area contributed by atoms with Crippen LogP contribution in [0.5, 0.6) is 5.75 Å². The molecule has 1 aromatic carbocycles. The molecule has 18 heavy (non-hydrogen) atoms. The highest BCUT2D eigenvalue weighted by Gasteiger charge is 2.15. The number of allylic oxidation sites excluding steroid dienone is 2. The number of aryl methyl sites for hydroxylation is 1. The highest BCUT2D eigenvalue weighted by atomic mass is 16.5. The van der Waals surface area contributed by atoms with Crippen LogP contribution < -0.4 is 9.47 Å². The monoisotopic (exact) mass is 241 g/mol. The molecule has 92 valence electrons. The lowest BCUT2D eigenvalue weighted by atomic mass is 10.0. The Hall–Kier alpha value is -2.29. The van der Waals surface area contributed by atoms with Crippen molar-refractivity contribution < 1.29 is 9.47 Å². The average molecular weight is 241 g/mol. The first kappa shape index (κ1) is 12.2. The van der Waals surface area contributed by atoms with Crippen LogP contribution >= 0.6 is 0 Å². The van der Waals surface area contributed by atoms with Crippen molar-refractivity contribution in [3.63, 3.8) is 0 Å². The van der Waals surface area contributed by atoms with E-state index in [0.717, 1.165) is 15.7 Å². The molecule has 2 aromatic rings. The Kier molecular flexibility index (Phi) is 3.06. The molecular weight excluding hydrogens is 226 g/mol. The zero-order valence-corrected chi connectivity index (χ0v) is 10.6. The number of fused-ring (bicyclic) bond motifs is 1. The minimum Gasteiger partial charge on any atom is -0.618 e. The van der Waals surface area contributed by atoms with Gasteiger partial charge in [-0.3, -0.25) is 0 Å². The van der Waals surface area contributed by atoms with Gasteiger partial charge in [0.1, 0.15) is 5.75 Å². The smallest absolute Gasteiger partial charge is 0.232 e. The maximum atomic E-state index is 12.2. The van der Waals surface area contributed by atoms with Gasteiger partial charge in [-0.15, -0.1) is 0 Å². The predicted octanol–water partition coefficient (Wildman–Crippen LogP) is 2.99. The van der Waals surface area contributed by atoms with Gasteiger partial charge in [0.15, 0.2) is 5.69 Å². The number of nitrogens with zero attached hydrogens (tertiary/aromatic N) is 1. The number of hydrogen-bond donors (Lipinski definition) is 0. The molecule has 2 rings (SSSR count). The Morgan fingerprint density at radius 3 is 2.72 bits per heavy atom. The number of rotatable bonds is 3. The SMILES string of the molecule is C=CC(=C)c1cc(OC)cc2ccc(C)[n+]([O-])c12. The largest absolute Gasteiger partial charge is 0.618 e. The first-order chi connectivity index (χ1) is 8.58. The van der Waals surface area contributed by atoms with E-state index in [1.807, 2.05) is 12.1 Å². The van der Waals surface area contributed by atoms with Crippen molar-refractivity contribution in [3.8, 4) is 5.75 Å². The van der Waals surface area contributed by atoms with Crippen LogP contribution in [0.3, 0.4) is 0 Å². The highest BCUT2D eigenvalue weighted by Crippen LogP contribution is 2.28. The van der Waals surface area contributed by atoms with Gasteiger partial charge in [-0.1, -0.05) is 19.2 Å². The molecular formula is C15H15NO2. The van der Waals surface area contributed by atoms with Gasteiger partial charge in [-0.05, 0) is 23.8 Å². The Morgan fingerprint density at radius 1 is 1.39 bits per heavy atom. The summed E-state index contributed by atoms with van der Waals surface area (Å²) in [6, 6.07) is 7.33. The molecule has 0 saturated carbocycles. The van der Waals surface area contributed by atoms with Gasteiger partial charge in [0.05, 0.1) is 18.1 Å². The number of methoxy groups -OCH3 is 1. The Morgan fingerprint density at radius 2 is 2.11 bits per heavy atom. The van der Waals surface area contributed by atoms with Crippen LogP contribution in [0.1, 0.15) is 11.3 Å². The van der Waals surface area contributed by atoms with Crippen molar-refractivity contribution in [2.45, 2.75) is 6.92 Å². The molecule has 0 bridgehead atoms. The summed E-state index contributed by atoms with van der Waals surface area (Å²) in [5.74, 6) is 0.698. The summed E-state index contributed by atoms with van der Waals surface area (Å²) in [6.07, 6.45) is 1.64. The molecule has 1 heterocycles. The molecule has 0 aliphatic carbocycles. The highest BCUT2D eigenvalue weighted by molar-refractivity contribution is 5.92. The molecule has 0 saturated heterocycles. The van der Waals surface area contributed by atoms with Crippen molar-refractivity contribution in [3.05, 3.63) is 60.0 Å². The lowest BCUT2D eigenvalue weighted by Crippen LogP contribution is -2.31. The zero-order chi connectivity index (χ0) is 13.3. The van der Waals surface area contributed by atoms with Crippen molar-refractivity contribution in [1.82, 2.24) is 0 Å². The second-order valence-corrected chi connectivity index (χ2v) is 4.11. The molecule has 0 radical (unpaired) electrons. The number of hydrogen-bond acceptors (Lipinski definition) is 2. The molecule has 0 unspecified atom stereocenters. The Bertz CT molecular complexity index is 644. The molecule has 3 heteroatoms. The Balaban J connectivity index is 2.91. The minimum atomic E-state index is 0.598. The molecule has 0 fully saturated rings. The molecule has 0 amide bonds. The van der Waals surface area contributed by atoms with E-state index in [1.54, 1.807) is 32.2 Å². The number of pyridine rings is 1. The molecule has 0 N–H and O–H groups in total. The molecule has 1 aromatic heterocycles. The number of ether oxygens (including phenoxy) is 1. The molecule has 0 aliphatic heterocycles. The van der Waals surface area contributed by atoms with Crippen LogP contribution in [0.25, 0.3) is 16.5 Å². The minimum absolute atomic E-state index is 0.598. The van der Waals surface area contributed by atoms with Crippen LogP contribution in [0.4, 0.5) is 0 Å². The van der Waals surface area contributed by atoms with Crippen molar-refractivity contribution in [1.29, 1.82) is 0 Å². The summed E-state index contributed by atoms with van der Waals surface area (Å²) < 4.78 is 6.16. The summed E-state index contributed by atoms with van der Waals surface area (Å²) in [6.45, 7) is 9.39. The summed E-state index contributed by atoms with van der Waals surface area (Å²) >= 11 is 0. The lowest BCUT2D eigenvalue weighted by molar-refractivity contribution is -0.584. The van der Waals surface area contributed by atoms with E-state index < -0.39 is 0 Å². The van der Waals surface area contributed by atoms with E-state index >= 15 is 0 Å². The zero-order valence-electron chi connectivity index (χ0n) is 10.6. The third kappa shape index (κ3) is 1.84. The van der Waals surface area contributed by atoms with E-state index in [2.05, 4.69) is 13.2 Å². The second-order valence-electron chi connectivity index (χ2n) is 4.11. The summed E-state index contributed by atoms with van der Waals surface area (Å²) in [7, 11) is 1.60. The van der Waals surface area contributed by atoms with Crippen molar-refractivity contribution in [2.75, 3.05) is 7.11 Å². The fourth-order valence-electron chi connectivity index (χ4n) is 1.91. The predicted molar refractivity (Wildman–Crippen MR) is 73.4 cm³/mol. The van der Waals surface area contributed by atoms with E-state index in [9.17, 15) is 5.21 Å². The summed E-state index contributed by atoms with van der Waals surface area (Å²) in [5.41, 5.74) is 2.69. The van der Waals surface area contributed by atoms with E-state index in [0.29, 0.717) is 22.5 Å². The first-order valence-electron chi connectivity index (χ1n) is 5.61. The van der Waals surface area contributed by atoms with Crippen LogP contribution in [-0.4, -0.2) is 7.11 Å². The summed E-state index contributed by atoms with van der Waals surface area (Å²) in [4.78, 5) is 0. The van der Waals surface area contributed by atoms with Gasteiger partial charge in [0.2, 0.25) is 5.52 Å². The number of aromatic nitrogens is 1. The molecule has 0 aliphatic rings. The average Bonchev–Trinajstić information content (AvgIpc) is 2.40. The van der Waals surface area contributed by atoms with Crippen molar-refractivity contribution >= 4 is 16.5 Å². The van der Waals surface area contributed by atoms with Crippen LogP contribution in [0.15, 0.2) is 43.5 Å². The topological polar surface area (TPSA) is 36.2 Å². The molecule has 0 atom stereocenters. The van der Waals surface area contributed by atoms with Crippen molar-refractivity contribution in [2.24, 2.45) is 0 Å². The second kappa shape index (κ2) is 4.53. The van der Waals surface area contributed by atoms with Crippen LogP contribution in [0.2, 0.25) is 0 Å². The summed E-state index contributed by atoms with van der Waals surface area (Å²) in [5, 5.41) is 13.0. The first-order valence-corrected chi connectivity index (χ1v) is 5.61. The molecule has 0 spiro atoms. The van der Waals surface area contributed by atoms with Gasteiger partial charge in [0.25, 0.3) is 0 Å². The third-order valence-electron chi connectivity index (χ3n) is 2.97. The third-order valence-corrected chi connectivity index (χ3v) is 2.97. The number of benzene rings is 1.